The maximum Gasteiger partial charge on any atom is 0.303 e. The molecular weight excluding hydrogens is 416 g/mol. The molecule has 4 rings (SSSR count). The third-order valence-corrected chi connectivity index (χ3v) is 5.18. The van der Waals surface area contributed by atoms with Crippen LogP contribution in [-0.2, 0) is 24.3 Å². The summed E-state index contributed by atoms with van der Waals surface area (Å²) in [7, 11) is 0. The summed E-state index contributed by atoms with van der Waals surface area (Å²) in [5.41, 5.74) is 4.88. The van der Waals surface area contributed by atoms with Gasteiger partial charge in [0.05, 0.1) is 24.5 Å². The number of hydrogen-bond donors (Lipinski definition) is 2. The van der Waals surface area contributed by atoms with Crippen LogP contribution >= 0.6 is 0 Å². The van der Waals surface area contributed by atoms with Crippen molar-refractivity contribution in [1.82, 2.24) is 20.1 Å². The summed E-state index contributed by atoms with van der Waals surface area (Å²) in [5.74, 6) is -1.01. The number of benzene rings is 2. The molecule has 0 aliphatic heterocycles. The summed E-state index contributed by atoms with van der Waals surface area (Å²) in [4.78, 5) is 27.9. The topological polar surface area (TPSA) is 97.1 Å². The lowest BCUT2D eigenvalue weighted by Crippen LogP contribution is -2.23. The Kier molecular flexibility index (Phi) is 6.90. The number of carbonyl (C=O) groups excluding carboxylic acids is 1. The SMILES string of the molecule is O=C(O)CCc1cn(Cc2cccc(C(=O)NCc3ccccn3)c2)nc1-c1ccccc1. The molecular formula is C26H24N4O3. The van der Waals surface area contributed by atoms with Gasteiger partial charge in [0, 0.05) is 29.9 Å². The van der Waals surface area contributed by atoms with Gasteiger partial charge in [-0.2, -0.15) is 5.10 Å². The number of nitrogens with one attached hydrogen (secondary N) is 1. The van der Waals surface area contributed by atoms with Crippen molar-refractivity contribution in [2.75, 3.05) is 0 Å². The molecule has 7 nitrogen and oxygen atoms in total. The lowest BCUT2D eigenvalue weighted by molar-refractivity contribution is -0.136. The van der Waals surface area contributed by atoms with Crippen LogP contribution < -0.4 is 5.32 Å². The molecule has 0 spiro atoms. The second-order valence-electron chi connectivity index (χ2n) is 7.66. The smallest absolute Gasteiger partial charge is 0.303 e. The molecule has 2 aromatic heterocycles. The van der Waals surface area contributed by atoms with E-state index in [2.05, 4.69) is 10.3 Å². The number of aryl methyl sites for hydroxylation is 1. The van der Waals surface area contributed by atoms with Crippen LogP contribution in [0.3, 0.4) is 0 Å². The second-order valence-corrected chi connectivity index (χ2v) is 7.66. The molecule has 2 aromatic carbocycles. The predicted octanol–water partition coefficient (Wildman–Crippen LogP) is 3.94. The Morgan fingerprint density at radius 2 is 1.79 bits per heavy atom. The first kappa shape index (κ1) is 22.0. The van der Waals surface area contributed by atoms with E-state index in [1.165, 1.54) is 0 Å². The number of hydrogen-bond acceptors (Lipinski definition) is 4. The third-order valence-electron chi connectivity index (χ3n) is 5.18. The summed E-state index contributed by atoms with van der Waals surface area (Å²) in [6.07, 6.45) is 4.02. The van der Waals surface area contributed by atoms with Crippen LogP contribution in [0.4, 0.5) is 0 Å². The third kappa shape index (κ3) is 5.92. The first-order valence-corrected chi connectivity index (χ1v) is 10.7. The highest BCUT2D eigenvalue weighted by molar-refractivity contribution is 5.94. The van der Waals surface area contributed by atoms with Crippen molar-refractivity contribution in [3.63, 3.8) is 0 Å². The van der Waals surface area contributed by atoms with Gasteiger partial charge in [0.25, 0.3) is 5.91 Å². The monoisotopic (exact) mass is 440 g/mol. The lowest BCUT2D eigenvalue weighted by Gasteiger charge is -2.07. The van der Waals surface area contributed by atoms with E-state index >= 15 is 0 Å². The lowest BCUT2D eigenvalue weighted by atomic mass is 10.0. The number of rotatable bonds is 9. The molecule has 2 N–H and O–H groups in total. The Morgan fingerprint density at radius 3 is 2.55 bits per heavy atom. The fourth-order valence-corrected chi connectivity index (χ4v) is 3.58. The summed E-state index contributed by atoms with van der Waals surface area (Å²) < 4.78 is 1.80. The van der Waals surface area contributed by atoms with Crippen molar-refractivity contribution in [3.8, 4) is 11.3 Å². The van der Waals surface area contributed by atoms with E-state index in [9.17, 15) is 9.59 Å². The number of carboxylic acid groups (broad SMARTS) is 1. The van der Waals surface area contributed by atoms with Crippen LogP contribution in [0.1, 0.15) is 33.6 Å². The number of carboxylic acids is 1. The van der Waals surface area contributed by atoms with Crippen molar-refractivity contribution in [2.45, 2.75) is 25.9 Å². The molecule has 1 amide bonds. The van der Waals surface area contributed by atoms with Gasteiger partial charge < -0.3 is 10.4 Å². The minimum absolute atomic E-state index is 0.0391. The average molecular weight is 441 g/mol. The molecule has 0 bridgehead atoms. The zero-order valence-corrected chi connectivity index (χ0v) is 18.0. The Hall–Kier alpha value is -4.26. The van der Waals surface area contributed by atoms with Gasteiger partial charge in [0.15, 0.2) is 0 Å². The van der Waals surface area contributed by atoms with Gasteiger partial charge in [0.2, 0.25) is 0 Å². The molecule has 0 unspecified atom stereocenters. The van der Waals surface area contributed by atoms with Crippen molar-refractivity contribution in [1.29, 1.82) is 0 Å². The molecule has 0 radical (unpaired) electrons. The van der Waals surface area contributed by atoms with Crippen LogP contribution in [0.15, 0.2) is 85.2 Å². The van der Waals surface area contributed by atoms with Crippen LogP contribution in [0.2, 0.25) is 0 Å². The number of carbonyl (C=O) groups is 2. The summed E-state index contributed by atoms with van der Waals surface area (Å²) in [6.45, 7) is 0.824. The molecule has 166 valence electrons. The highest BCUT2D eigenvalue weighted by atomic mass is 16.4. The molecule has 0 saturated heterocycles. The minimum atomic E-state index is -0.842. The first-order chi connectivity index (χ1) is 16.1. The van der Waals surface area contributed by atoms with Gasteiger partial charge in [-0.3, -0.25) is 19.3 Å². The fraction of sp³-hybridized carbons (Fsp3) is 0.154. The molecule has 33 heavy (non-hydrogen) atoms. The quantitative estimate of drug-likeness (QED) is 0.411. The van der Waals surface area contributed by atoms with E-state index in [1.807, 2.05) is 72.9 Å². The average Bonchev–Trinajstić information content (AvgIpc) is 3.25. The van der Waals surface area contributed by atoms with E-state index in [-0.39, 0.29) is 12.3 Å². The zero-order valence-electron chi connectivity index (χ0n) is 18.0. The molecule has 4 aromatic rings. The van der Waals surface area contributed by atoms with Crippen molar-refractivity contribution >= 4 is 11.9 Å². The van der Waals surface area contributed by atoms with Gasteiger partial charge in [0.1, 0.15) is 0 Å². The van der Waals surface area contributed by atoms with E-state index < -0.39 is 5.97 Å². The van der Waals surface area contributed by atoms with Crippen LogP contribution in [0, 0.1) is 0 Å². The van der Waals surface area contributed by atoms with E-state index in [4.69, 9.17) is 10.2 Å². The summed E-state index contributed by atoms with van der Waals surface area (Å²) >= 11 is 0. The molecule has 0 aliphatic rings. The predicted molar refractivity (Wildman–Crippen MR) is 125 cm³/mol. The maximum atomic E-state index is 12.6. The Morgan fingerprint density at radius 1 is 0.970 bits per heavy atom. The van der Waals surface area contributed by atoms with Crippen LogP contribution in [0.25, 0.3) is 11.3 Å². The van der Waals surface area contributed by atoms with Crippen molar-refractivity contribution in [3.05, 3.63) is 108 Å². The fourth-order valence-electron chi connectivity index (χ4n) is 3.58. The Balaban J connectivity index is 1.50. The highest BCUT2D eigenvalue weighted by Gasteiger charge is 2.13. The molecule has 0 saturated carbocycles. The van der Waals surface area contributed by atoms with E-state index in [0.717, 1.165) is 28.1 Å². The number of nitrogens with zero attached hydrogens (tertiary/aromatic N) is 3. The maximum absolute atomic E-state index is 12.6. The van der Waals surface area contributed by atoms with Crippen LogP contribution in [0.5, 0.6) is 0 Å². The standard InChI is InChI=1S/C26H24N4O3/c31-24(32)13-12-22-18-30(29-25(22)20-8-2-1-3-9-20)17-19-7-6-10-21(15-19)26(33)28-16-23-11-4-5-14-27-23/h1-11,14-15,18H,12-13,16-17H2,(H,28,33)(H,31,32). The molecule has 7 heteroatoms. The molecule has 2 heterocycles. The van der Waals surface area contributed by atoms with E-state index in [0.29, 0.717) is 25.1 Å². The highest BCUT2D eigenvalue weighted by Crippen LogP contribution is 2.23. The van der Waals surface area contributed by atoms with Crippen molar-refractivity contribution in [2.24, 2.45) is 0 Å². The molecule has 0 fully saturated rings. The van der Waals surface area contributed by atoms with Crippen LogP contribution in [-0.4, -0.2) is 31.7 Å². The van der Waals surface area contributed by atoms with Crippen molar-refractivity contribution < 1.29 is 14.7 Å². The first-order valence-electron chi connectivity index (χ1n) is 10.7. The van der Waals surface area contributed by atoms with Gasteiger partial charge in [-0.15, -0.1) is 0 Å². The molecule has 0 atom stereocenters. The summed E-state index contributed by atoms with van der Waals surface area (Å²) in [5, 5.41) is 16.7. The van der Waals surface area contributed by atoms with Gasteiger partial charge in [-0.1, -0.05) is 48.5 Å². The Bertz CT molecular complexity index is 1240. The number of pyridine rings is 1. The van der Waals surface area contributed by atoms with Gasteiger partial charge >= 0.3 is 5.97 Å². The second kappa shape index (κ2) is 10.4. The zero-order chi connectivity index (χ0) is 23.0. The largest absolute Gasteiger partial charge is 0.481 e. The normalized spacial score (nSPS) is 10.7. The van der Waals surface area contributed by atoms with Gasteiger partial charge in [-0.05, 0) is 41.8 Å². The van der Waals surface area contributed by atoms with E-state index in [1.54, 1.807) is 16.9 Å². The molecule has 0 aliphatic carbocycles. The number of amides is 1. The van der Waals surface area contributed by atoms with Gasteiger partial charge in [-0.25, -0.2) is 0 Å². The summed E-state index contributed by atoms with van der Waals surface area (Å²) in [6, 6.07) is 22.7. The minimum Gasteiger partial charge on any atom is -0.481 e. The number of aromatic nitrogens is 3. The number of aliphatic carboxylic acids is 1. The Labute approximate surface area is 191 Å².